The number of Topliss-reactive ketones (excluding diaryl/α,β-unsaturated/α-hetero) is 1. The van der Waals surface area contributed by atoms with Crippen LogP contribution in [-0.4, -0.2) is 18.4 Å². The highest BCUT2D eigenvalue weighted by Gasteiger charge is 2.38. The van der Waals surface area contributed by atoms with Crippen LogP contribution in [0.1, 0.15) is 57.5 Å². The average molecular weight is 276 g/mol. The van der Waals surface area contributed by atoms with Crippen LogP contribution in [0, 0.1) is 5.41 Å². The van der Waals surface area contributed by atoms with Crippen LogP contribution in [0.3, 0.4) is 0 Å². The highest BCUT2D eigenvalue weighted by molar-refractivity contribution is 6.11. The minimum absolute atomic E-state index is 0.0399. The van der Waals surface area contributed by atoms with E-state index in [0.717, 1.165) is 5.56 Å². The molecule has 0 aliphatic heterocycles. The fourth-order valence-electron chi connectivity index (χ4n) is 1.89. The minimum atomic E-state index is -1.15. The summed E-state index contributed by atoms with van der Waals surface area (Å²) in [6, 6.07) is 7.44. The molecule has 0 aliphatic carbocycles. The third kappa shape index (κ3) is 3.47. The zero-order valence-corrected chi connectivity index (χ0v) is 13.2. The number of hydrogen-bond acceptors (Lipinski definition) is 3. The predicted octanol–water partition coefficient (Wildman–Crippen LogP) is 3.76. The molecule has 1 aromatic rings. The number of ether oxygens (including phenoxy) is 1. The van der Waals surface area contributed by atoms with Gasteiger partial charge in [0, 0.05) is 5.56 Å². The second-order valence-corrected chi connectivity index (χ2v) is 6.50. The Bertz CT molecular complexity index is 490. The van der Waals surface area contributed by atoms with Gasteiger partial charge in [0.1, 0.15) is 5.41 Å². The lowest BCUT2D eigenvalue weighted by Crippen LogP contribution is -2.35. The quantitative estimate of drug-likeness (QED) is 0.478. The molecule has 1 aromatic carbocycles. The zero-order chi connectivity index (χ0) is 15.6. The number of benzene rings is 1. The maximum atomic E-state index is 12.4. The van der Waals surface area contributed by atoms with Gasteiger partial charge in [-0.3, -0.25) is 9.59 Å². The molecule has 20 heavy (non-hydrogen) atoms. The fourth-order valence-corrected chi connectivity index (χ4v) is 1.89. The van der Waals surface area contributed by atoms with Crippen LogP contribution in [-0.2, 0) is 14.9 Å². The maximum Gasteiger partial charge on any atom is 0.319 e. The lowest BCUT2D eigenvalue weighted by molar-refractivity contribution is -0.150. The molecule has 3 heteroatoms. The molecular weight excluding hydrogens is 252 g/mol. The van der Waals surface area contributed by atoms with E-state index in [1.165, 1.54) is 0 Å². The first-order valence-electron chi connectivity index (χ1n) is 6.93. The van der Waals surface area contributed by atoms with Crippen molar-refractivity contribution in [3.05, 3.63) is 35.4 Å². The molecular formula is C17H24O3. The van der Waals surface area contributed by atoms with E-state index in [1.807, 2.05) is 12.1 Å². The number of hydrogen-bond donors (Lipinski definition) is 0. The van der Waals surface area contributed by atoms with Gasteiger partial charge < -0.3 is 4.74 Å². The molecule has 3 nitrogen and oxygen atoms in total. The Morgan fingerprint density at radius 3 is 1.90 bits per heavy atom. The number of esters is 1. The van der Waals surface area contributed by atoms with Crippen molar-refractivity contribution in [2.45, 2.75) is 47.0 Å². The molecule has 0 spiro atoms. The van der Waals surface area contributed by atoms with Gasteiger partial charge in [0.2, 0.25) is 0 Å². The van der Waals surface area contributed by atoms with Crippen molar-refractivity contribution >= 4 is 11.8 Å². The minimum Gasteiger partial charge on any atom is -0.465 e. The van der Waals surface area contributed by atoms with Crippen molar-refractivity contribution in [2.75, 3.05) is 6.61 Å². The summed E-state index contributed by atoms with van der Waals surface area (Å²) in [5, 5.41) is 0. The van der Waals surface area contributed by atoms with E-state index >= 15 is 0 Å². The lowest BCUT2D eigenvalue weighted by Gasteiger charge is -2.22. The Kier molecular flexibility index (Phi) is 4.74. The largest absolute Gasteiger partial charge is 0.465 e. The molecule has 0 radical (unpaired) electrons. The van der Waals surface area contributed by atoms with Crippen molar-refractivity contribution in [2.24, 2.45) is 5.41 Å². The van der Waals surface area contributed by atoms with E-state index in [2.05, 4.69) is 20.8 Å². The number of rotatable bonds is 4. The number of carbonyl (C=O) groups is 2. The molecule has 0 aliphatic rings. The summed E-state index contributed by atoms with van der Waals surface area (Å²) >= 11 is 0. The maximum absolute atomic E-state index is 12.4. The van der Waals surface area contributed by atoms with Gasteiger partial charge >= 0.3 is 5.97 Å². The average Bonchev–Trinajstić information content (AvgIpc) is 2.37. The van der Waals surface area contributed by atoms with Gasteiger partial charge in [-0.2, -0.15) is 0 Å². The zero-order valence-electron chi connectivity index (χ0n) is 13.2. The van der Waals surface area contributed by atoms with E-state index in [9.17, 15) is 9.59 Å². The molecule has 0 aromatic heterocycles. The Morgan fingerprint density at radius 1 is 1.00 bits per heavy atom. The first-order chi connectivity index (χ1) is 9.10. The van der Waals surface area contributed by atoms with Crippen molar-refractivity contribution in [1.29, 1.82) is 0 Å². The Hall–Kier alpha value is -1.64. The highest BCUT2D eigenvalue weighted by Crippen LogP contribution is 2.26. The van der Waals surface area contributed by atoms with Crippen molar-refractivity contribution in [3.63, 3.8) is 0 Å². The summed E-state index contributed by atoms with van der Waals surface area (Å²) in [6.07, 6.45) is 0. The Labute approximate surface area is 121 Å². The number of ketones is 1. The fraction of sp³-hybridized carbons (Fsp3) is 0.529. The summed E-state index contributed by atoms with van der Waals surface area (Å²) in [6.45, 7) is 11.6. The summed E-state index contributed by atoms with van der Waals surface area (Å²) in [4.78, 5) is 24.3. The monoisotopic (exact) mass is 276 g/mol. The van der Waals surface area contributed by atoms with E-state index < -0.39 is 11.4 Å². The van der Waals surface area contributed by atoms with Gasteiger partial charge in [-0.15, -0.1) is 0 Å². The van der Waals surface area contributed by atoms with Crippen LogP contribution < -0.4 is 0 Å². The summed E-state index contributed by atoms with van der Waals surface area (Å²) in [7, 11) is 0. The van der Waals surface area contributed by atoms with Crippen LogP contribution >= 0.6 is 0 Å². The smallest absolute Gasteiger partial charge is 0.319 e. The predicted molar refractivity (Wildman–Crippen MR) is 79.9 cm³/mol. The molecule has 0 fully saturated rings. The second kappa shape index (κ2) is 5.78. The molecule has 0 amide bonds. The van der Waals surface area contributed by atoms with E-state index in [0.29, 0.717) is 5.56 Å². The van der Waals surface area contributed by atoms with Crippen LogP contribution in [0.5, 0.6) is 0 Å². The molecule has 0 saturated carbocycles. The van der Waals surface area contributed by atoms with Crippen LogP contribution in [0.4, 0.5) is 0 Å². The highest BCUT2D eigenvalue weighted by atomic mass is 16.5. The third-order valence-corrected chi connectivity index (χ3v) is 3.37. The molecule has 0 bridgehead atoms. The van der Waals surface area contributed by atoms with Gasteiger partial charge in [0.25, 0.3) is 0 Å². The summed E-state index contributed by atoms with van der Waals surface area (Å²) in [5.74, 6) is -0.693. The Balaban J connectivity index is 3.01. The van der Waals surface area contributed by atoms with E-state index in [-0.39, 0.29) is 17.8 Å². The number of carbonyl (C=O) groups excluding carboxylic acids is 2. The van der Waals surface area contributed by atoms with Crippen molar-refractivity contribution < 1.29 is 14.3 Å². The molecule has 0 N–H and O–H groups in total. The molecule has 0 saturated heterocycles. The SMILES string of the molecule is CCOC(=O)C(C)(C)C(=O)c1ccc(C(C)(C)C)cc1. The first kappa shape index (κ1) is 16.4. The normalized spacial score (nSPS) is 12.1. The van der Waals surface area contributed by atoms with E-state index in [4.69, 9.17) is 4.74 Å². The van der Waals surface area contributed by atoms with Crippen molar-refractivity contribution in [1.82, 2.24) is 0 Å². The van der Waals surface area contributed by atoms with Crippen LogP contribution in [0.2, 0.25) is 0 Å². The van der Waals surface area contributed by atoms with Gasteiger partial charge in [0.05, 0.1) is 6.61 Å². The lowest BCUT2D eigenvalue weighted by atomic mass is 9.82. The molecule has 0 atom stereocenters. The van der Waals surface area contributed by atoms with Crippen molar-refractivity contribution in [3.8, 4) is 0 Å². The molecule has 110 valence electrons. The van der Waals surface area contributed by atoms with Gasteiger partial charge in [-0.05, 0) is 31.7 Å². The Morgan fingerprint density at radius 2 is 1.50 bits per heavy atom. The van der Waals surface area contributed by atoms with Gasteiger partial charge in [-0.1, -0.05) is 45.0 Å². The van der Waals surface area contributed by atoms with Crippen LogP contribution in [0.15, 0.2) is 24.3 Å². The molecule has 1 rings (SSSR count). The molecule has 0 unspecified atom stereocenters. The first-order valence-corrected chi connectivity index (χ1v) is 6.93. The molecule has 0 heterocycles. The van der Waals surface area contributed by atoms with Crippen LogP contribution in [0.25, 0.3) is 0 Å². The third-order valence-electron chi connectivity index (χ3n) is 3.37. The topological polar surface area (TPSA) is 43.4 Å². The second-order valence-electron chi connectivity index (χ2n) is 6.50. The summed E-state index contributed by atoms with van der Waals surface area (Å²) < 4.78 is 4.97. The van der Waals surface area contributed by atoms with Gasteiger partial charge in [-0.25, -0.2) is 0 Å². The van der Waals surface area contributed by atoms with E-state index in [1.54, 1.807) is 32.9 Å². The van der Waals surface area contributed by atoms with Gasteiger partial charge in [0.15, 0.2) is 5.78 Å². The summed E-state index contributed by atoms with van der Waals surface area (Å²) in [5.41, 5.74) is 0.580. The standard InChI is InChI=1S/C17H24O3/c1-7-20-15(19)17(5,6)14(18)12-8-10-13(11-9-12)16(2,3)4/h8-11H,7H2,1-6H3.